The quantitative estimate of drug-likeness (QED) is 0.761. The Labute approximate surface area is 148 Å². The maximum absolute atomic E-state index is 11.3. The van der Waals surface area contributed by atoms with Crippen molar-refractivity contribution in [2.75, 3.05) is 0 Å². The second-order valence-electron chi connectivity index (χ2n) is 5.26. The van der Waals surface area contributed by atoms with Crippen LogP contribution in [0, 0.1) is 11.3 Å². The number of allylic oxidation sites excluding steroid dienone is 2. The minimum atomic E-state index is -0.583. The molecule has 0 aliphatic heterocycles. The Morgan fingerprint density at radius 3 is 2.12 bits per heavy atom. The first-order valence-corrected chi connectivity index (χ1v) is 8.94. The van der Waals surface area contributed by atoms with E-state index in [0.29, 0.717) is 11.7 Å². The van der Waals surface area contributed by atoms with Gasteiger partial charge in [0.05, 0.1) is 0 Å². The third-order valence-electron chi connectivity index (χ3n) is 3.94. The maximum Gasteiger partial charge on any atom is 0.271 e. The zero-order chi connectivity index (χ0) is 19.5. The van der Waals surface area contributed by atoms with Gasteiger partial charge in [0.2, 0.25) is 0 Å². The molecule has 24 heavy (non-hydrogen) atoms. The first kappa shape index (κ1) is 24.3. The highest BCUT2D eigenvalue weighted by Crippen LogP contribution is 2.46. The third-order valence-corrected chi connectivity index (χ3v) is 3.94. The van der Waals surface area contributed by atoms with Crippen molar-refractivity contribution in [3.8, 4) is 0 Å². The van der Waals surface area contributed by atoms with Gasteiger partial charge < -0.3 is 5.73 Å². The summed E-state index contributed by atoms with van der Waals surface area (Å²) in [5.41, 5.74) is 6.55. The van der Waals surface area contributed by atoms with Crippen molar-refractivity contribution in [2.24, 2.45) is 22.1 Å². The molecule has 5 heteroatoms. The van der Waals surface area contributed by atoms with Gasteiger partial charge in [0.1, 0.15) is 6.33 Å². The third kappa shape index (κ3) is 5.05. The van der Waals surface area contributed by atoms with Crippen LogP contribution in [-0.4, -0.2) is 22.2 Å². The number of nitrogens with zero attached hydrogens (tertiary/aromatic N) is 3. The second-order valence-corrected chi connectivity index (χ2v) is 5.26. The molecule has 1 atom stereocenters. The molecule has 0 bridgehead atoms. The van der Waals surface area contributed by atoms with Crippen LogP contribution in [0.2, 0.25) is 0 Å². The number of nitrogens with two attached hydrogens (primary N) is 1. The SMILES string of the molecule is C=Nc1c(C(N)=O)ncn1C1=CCC(C)C1(C)C.CC.CC.CC. The van der Waals surface area contributed by atoms with Crippen LogP contribution in [-0.2, 0) is 0 Å². The van der Waals surface area contributed by atoms with Crippen molar-refractivity contribution in [3.63, 3.8) is 0 Å². The summed E-state index contributed by atoms with van der Waals surface area (Å²) in [6, 6.07) is 0. The summed E-state index contributed by atoms with van der Waals surface area (Å²) in [7, 11) is 0. The van der Waals surface area contributed by atoms with Gasteiger partial charge in [-0.15, -0.1) is 0 Å². The maximum atomic E-state index is 11.3. The van der Waals surface area contributed by atoms with Crippen LogP contribution in [0.15, 0.2) is 17.4 Å². The van der Waals surface area contributed by atoms with Crippen molar-refractivity contribution in [3.05, 3.63) is 18.1 Å². The van der Waals surface area contributed by atoms with Gasteiger partial charge in [-0.25, -0.2) is 9.98 Å². The summed E-state index contributed by atoms with van der Waals surface area (Å²) in [5, 5.41) is 0. The molecule has 1 aromatic rings. The fourth-order valence-corrected chi connectivity index (χ4v) is 2.35. The molecule has 0 aromatic carbocycles. The molecule has 1 heterocycles. The lowest BCUT2D eigenvalue weighted by Crippen LogP contribution is -2.21. The number of aromatic nitrogens is 2. The molecule has 2 N–H and O–H groups in total. The van der Waals surface area contributed by atoms with Crippen LogP contribution in [0.1, 0.15) is 79.2 Å². The average molecular weight is 337 g/mol. The monoisotopic (exact) mass is 336 g/mol. The zero-order valence-corrected chi connectivity index (χ0v) is 17.0. The van der Waals surface area contributed by atoms with Crippen LogP contribution in [0.5, 0.6) is 0 Å². The molecular weight excluding hydrogens is 300 g/mol. The average Bonchev–Trinajstić information content (AvgIpc) is 3.14. The predicted molar refractivity (Wildman–Crippen MR) is 106 cm³/mol. The van der Waals surface area contributed by atoms with E-state index in [9.17, 15) is 4.79 Å². The molecule has 5 nitrogen and oxygen atoms in total. The molecule has 1 aliphatic rings. The number of imidazole rings is 1. The molecule has 0 saturated carbocycles. The molecule has 0 spiro atoms. The zero-order valence-electron chi connectivity index (χ0n) is 17.0. The summed E-state index contributed by atoms with van der Waals surface area (Å²) in [6.45, 7) is 22.1. The Bertz CT molecular complexity index is 542. The fourth-order valence-electron chi connectivity index (χ4n) is 2.35. The van der Waals surface area contributed by atoms with E-state index in [1.54, 1.807) is 6.33 Å². The fraction of sp³-hybridized carbons (Fsp3) is 0.632. The number of carbonyl (C=O) groups excluding carboxylic acids is 1. The Kier molecular flexibility index (Phi) is 11.8. The van der Waals surface area contributed by atoms with Gasteiger partial charge >= 0.3 is 0 Å². The minimum Gasteiger partial charge on any atom is -0.364 e. The molecule has 0 radical (unpaired) electrons. The van der Waals surface area contributed by atoms with Gasteiger partial charge in [-0.05, 0) is 19.1 Å². The summed E-state index contributed by atoms with van der Waals surface area (Å²) in [6.07, 6.45) is 4.75. The van der Waals surface area contributed by atoms with Crippen LogP contribution in [0.3, 0.4) is 0 Å². The van der Waals surface area contributed by atoms with Crippen molar-refractivity contribution in [1.29, 1.82) is 0 Å². The highest BCUT2D eigenvalue weighted by Gasteiger charge is 2.36. The van der Waals surface area contributed by atoms with Gasteiger partial charge in [0, 0.05) is 11.1 Å². The van der Waals surface area contributed by atoms with Gasteiger partial charge in [-0.1, -0.05) is 68.4 Å². The van der Waals surface area contributed by atoms with Crippen LogP contribution < -0.4 is 5.73 Å². The lowest BCUT2D eigenvalue weighted by Gasteiger charge is -2.29. The standard InChI is InChI=1S/C13H18N4O.3C2H6/c1-8-5-6-9(13(8,2)3)17-7-16-10(11(14)18)12(17)15-4;3*1-2/h6-8H,4-5H2,1-3H3,(H2,14,18);3*1-2H3. The summed E-state index contributed by atoms with van der Waals surface area (Å²) >= 11 is 0. The minimum absolute atomic E-state index is 0.00898. The molecule has 138 valence electrons. The van der Waals surface area contributed by atoms with Crippen LogP contribution >= 0.6 is 0 Å². The lowest BCUT2D eigenvalue weighted by atomic mass is 9.81. The number of amides is 1. The van der Waals surface area contributed by atoms with Crippen LogP contribution in [0.25, 0.3) is 5.70 Å². The summed E-state index contributed by atoms with van der Waals surface area (Å²) < 4.78 is 1.82. The summed E-state index contributed by atoms with van der Waals surface area (Å²) in [4.78, 5) is 19.2. The van der Waals surface area contributed by atoms with E-state index in [1.807, 2.05) is 46.1 Å². The smallest absolute Gasteiger partial charge is 0.271 e. The van der Waals surface area contributed by atoms with E-state index in [2.05, 4.69) is 43.5 Å². The van der Waals surface area contributed by atoms with Crippen LogP contribution in [0.4, 0.5) is 5.82 Å². The number of aliphatic imine (C=N–C) groups is 1. The highest BCUT2D eigenvalue weighted by atomic mass is 16.1. The lowest BCUT2D eigenvalue weighted by molar-refractivity contribution is 0.0996. The molecule has 1 aromatic heterocycles. The van der Waals surface area contributed by atoms with E-state index in [-0.39, 0.29) is 11.1 Å². The Hall–Kier alpha value is -1.91. The van der Waals surface area contributed by atoms with E-state index < -0.39 is 5.91 Å². The van der Waals surface area contributed by atoms with E-state index in [4.69, 9.17) is 5.73 Å². The molecule has 0 fully saturated rings. The van der Waals surface area contributed by atoms with Crippen molar-refractivity contribution < 1.29 is 4.79 Å². The number of rotatable bonds is 3. The number of primary amides is 1. The molecule has 2 rings (SSSR count). The van der Waals surface area contributed by atoms with E-state index in [0.717, 1.165) is 12.1 Å². The Balaban J connectivity index is 0. The highest BCUT2D eigenvalue weighted by molar-refractivity contribution is 5.96. The largest absolute Gasteiger partial charge is 0.364 e. The molecule has 0 saturated heterocycles. The molecule has 1 amide bonds. The number of carbonyl (C=O) groups is 1. The Morgan fingerprint density at radius 2 is 1.79 bits per heavy atom. The van der Waals surface area contributed by atoms with E-state index in [1.165, 1.54) is 0 Å². The molecule has 1 aliphatic carbocycles. The Morgan fingerprint density at radius 1 is 1.29 bits per heavy atom. The van der Waals surface area contributed by atoms with Gasteiger partial charge in [-0.2, -0.15) is 0 Å². The van der Waals surface area contributed by atoms with Gasteiger partial charge in [-0.3, -0.25) is 9.36 Å². The predicted octanol–water partition coefficient (Wildman–Crippen LogP) is 5.30. The number of hydrogen-bond acceptors (Lipinski definition) is 3. The number of hydrogen-bond donors (Lipinski definition) is 1. The topological polar surface area (TPSA) is 73.3 Å². The van der Waals surface area contributed by atoms with Crippen molar-refractivity contribution in [2.45, 2.75) is 68.7 Å². The second kappa shape index (κ2) is 11.6. The van der Waals surface area contributed by atoms with Crippen molar-refractivity contribution in [1.82, 2.24) is 9.55 Å². The normalized spacial score (nSPS) is 17.0. The van der Waals surface area contributed by atoms with Crippen molar-refractivity contribution >= 4 is 24.1 Å². The summed E-state index contributed by atoms with van der Waals surface area (Å²) in [5.74, 6) is 0.376. The molecule has 1 unspecified atom stereocenters. The molecular formula is C19H36N4O. The van der Waals surface area contributed by atoms with Gasteiger partial charge in [0.15, 0.2) is 11.5 Å². The van der Waals surface area contributed by atoms with Gasteiger partial charge in [0.25, 0.3) is 5.91 Å². The first-order valence-electron chi connectivity index (χ1n) is 8.94. The first-order chi connectivity index (χ1) is 11.4. The van der Waals surface area contributed by atoms with E-state index >= 15 is 0 Å².